The number of aliphatic hydroxyl groups excluding tert-OH is 5. The van der Waals surface area contributed by atoms with Gasteiger partial charge in [0.05, 0.1) is 54.6 Å². The van der Waals surface area contributed by atoms with Gasteiger partial charge in [0.1, 0.15) is 18.0 Å². The molecular formula is C37H57NO13. The highest BCUT2D eigenvalue weighted by Crippen LogP contribution is 2.38. The monoisotopic (exact) mass is 723 g/mol. The zero-order valence-electron chi connectivity index (χ0n) is 29.7. The number of allylic oxidation sites excluding steroid dienone is 6. The van der Waals surface area contributed by atoms with Crippen LogP contribution in [0, 0.1) is 11.8 Å². The summed E-state index contributed by atoms with van der Waals surface area (Å²) in [4.78, 5) is 38.0. The Morgan fingerprint density at radius 3 is 2.31 bits per heavy atom. The number of hydrogen-bond donors (Lipinski definition) is 7. The standard InChI is InChI=1S/C37H57NO13/c1-4-27-29(42)17-24(39)14-12-15-25(40)20-37(47)21-31(44)33(34(38)45)32(51-37)18-26(50-36-30(43)19-28(41)23(3)49-36)16-11-9-7-5-6-8-10-13-22(2)48-35(27)46/h5-11,16,22-23,25-33,36,40-44,47H,4,12-15,17-21H2,1-3H3,(H2,38,45)/b6-5+,9-7+,10-8+,16-11+/t22?,23-,25?,26?,27?,28?,29?,30+,31?,32?,33?,36?,37?/m1/s1. The van der Waals surface area contributed by atoms with Gasteiger partial charge in [-0.3, -0.25) is 14.4 Å². The number of carbonyl (C=O) groups is 3. The summed E-state index contributed by atoms with van der Waals surface area (Å²) in [6, 6.07) is 0. The number of esters is 1. The third kappa shape index (κ3) is 13.6. The summed E-state index contributed by atoms with van der Waals surface area (Å²) in [6.07, 6.45) is 3.51. The normalized spacial score (nSPS) is 42.6. The molecule has 51 heavy (non-hydrogen) atoms. The number of cyclic esters (lactones) is 1. The molecule has 14 heteroatoms. The third-order valence-corrected chi connectivity index (χ3v) is 9.50. The second-order valence-electron chi connectivity index (χ2n) is 13.9. The van der Waals surface area contributed by atoms with E-state index in [4.69, 9.17) is 24.7 Å². The highest BCUT2D eigenvalue weighted by molar-refractivity contribution is 5.80. The average Bonchev–Trinajstić information content (AvgIpc) is 3.01. The molecule has 13 atom stereocenters. The first kappa shape index (κ1) is 42.6. The number of amides is 1. The van der Waals surface area contributed by atoms with Gasteiger partial charge in [0.2, 0.25) is 5.91 Å². The fourth-order valence-corrected chi connectivity index (χ4v) is 6.66. The number of aliphatic hydroxyl groups is 6. The van der Waals surface area contributed by atoms with Crippen LogP contribution in [-0.4, -0.2) is 115 Å². The molecule has 0 aromatic carbocycles. The van der Waals surface area contributed by atoms with Gasteiger partial charge in [0.25, 0.3) is 0 Å². The Morgan fingerprint density at radius 1 is 0.941 bits per heavy atom. The second-order valence-corrected chi connectivity index (χ2v) is 13.9. The first-order valence-corrected chi connectivity index (χ1v) is 17.9. The Hall–Kier alpha value is -2.79. The van der Waals surface area contributed by atoms with Gasteiger partial charge in [0, 0.05) is 44.9 Å². The molecule has 3 aliphatic rings. The zero-order chi connectivity index (χ0) is 37.7. The van der Waals surface area contributed by atoms with E-state index in [1.54, 1.807) is 63.3 Å². The number of Topliss-reactive ketones (excluding diaryl/α,β-unsaturated/α-hetero) is 1. The van der Waals surface area contributed by atoms with E-state index >= 15 is 0 Å². The molecule has 288 valence electrons. The third-order valence-electron chi connectivity index (χ3n) is 9.50. The van der Waals surface area contributed by atoms with Crippen molar-refractivity contribution in [3.8, 4) is 0 Å². The Balaban J connectivity index is 1.86. The van der Waals surface area contributed by atoms with Gasteiger partial charge in [-0.05, 0) is 33.1 Å². The van der Waals surface area contributed by atoms with Gasteiger partial charge >= 0.3 is 5.97 Å². The molecule has 0 aromatic rings. The molecular weight excluding hydrogens is 666 g/mol. The maximum atomic E-state index is 12.8. The lowest BCUT2D eigenvalue weighted by Gasteiger charge is -2.45. The van der Waals surface area contributed by atoms with Crippen molar-refractivity contribution in [1.29, 1.82) is 0 Å². The molecule has 0 spiro atoms. The number of carbonyl (C=O) groups excluding carboxylic acids is 3. The van der Waals surface area contributed by atoms with E-state index in [-0.39, 0.29) is 57.1 Å². The summed E-state index contributed by atoms with van der Waals surface area (Å²) in [7, 11) is 0. The maximum Gasteiger partial charge on any atom is 0.311 e. The Bertz CT molecular complexity index is 1250. The van der Waals surface area contributed by atoms with E-state index in [0.29, 0.717) is 6.42 Å². The molecule has 2 fully saturated rings. The van der Waals surface area contributed by atoms with Crippen molar-refractivity contribution in [3.63, 3.8) is 0 Å². The molecule has 3 rings (SSSR count). The van der Waals surface area contributed by atoms with Crippen molar-refractivity contribution in [1.82, 2.24) is 0 Å². The van der Waals surface area contributed by atoms with Crippen LogP contribution < -0.4 is 5.73 Å². The minimum absolute atomic E-state index is 0.00708. The number of ether oxygens (including phenoxy) is 4. The highest BCUT2D eigenvalue weighted by atomic mass is 16.7. The topological polar surface area (TPSA) is 236 Å². The lowest BCUT2D eigenvalue weighted by Crippen LogP contribution is -2.57. The molecule has 0 aromatic heterocycles. The van der Waals surface area contributed by atoms with Crippen LogP contribution in [-0.2, 0) is 33.3 Å². The van der Waals surface area contributed by atoms with Crippen molar-refractivity contribution in [3.05, 3.63) is 48.6 Å². The van der Waals surface area contributed by atoms with Crippen LogP contribution in [0.4, 0.5) is 0 Å². The van der Waals surface area contributed by atoms with E-state index in [2.05, 4.69) is 0 Å². The van der Waals surface area contributed by atoms with Gasteiger partial charge in [-0.15, -0.1) is 0 Å². The van der Waals surface area contributed by atoms with Gasteiger partial charge in [-0.25, -0.2) is 0 Å². The Kier molecular flexibility index (Phi) is 17.1. The minimum atomic E-state index is -2.07. The van der Waals surface area contributed by atoms with Crippen molar-refractivity contribution >= 4 is 17.7 Å². The Morgan fingerprint density at radius 2 is 1.63 bits per heavy atom. The molecule has 11 unspecified atom stereocenters. The number of rotatable bonds is 4. The lowest BCUT2D eigenvalue weighted by molar-refractivity contribution is -0.305. The molecule has 14 nitrogen and oxygen atoms in total. The van der Waals surface area contributed by atoms with Crippen LogP contribution >= 0.6 is 0 Å². The fourth-order valence-electron chi connectivity index (χ4n) is 6.66. The summed E-state index contributed by atoms with van der Waals surface area (Å²) in [6.45, 7) is 5.11. The number of primary amides is 1. The van der Waals surface area contributed by atoms with Crippen molar-refractivity contribution in [2.45, 2.75) is 152 Å². The first-order valence-electron chi connectivity index (χ1n) is 17.9. The molecule has 0 aliphatic carbocycles. The van der Waals surface area contributed by atoms with E-state index < -0.39 is 97.1 Å². The minimum Gasteiger partial charge on any atom is -0.462 e. The summed E-state index contributed by atoms with van der Waals surface area (Å²) in [5.41, 5.74) is 5.67. The van der Waals surface area contributed by atoms with Crippen LogP contribution in [0.1, 0.15) is 85.0 Å². The highest BCUT2D eigenvalue weighted by Gasteiger charge is 2.49. The maximum absolute atomic E-state index is 12.8. The largest absolute Gasteiger partial charge is 0.462 e. The SMILES string of the molecule is CCC1C(=O)OC(C)C/C=C/C=C/C=C/C=C/C(OC2O[C@H](C)C(O)C[C@@H]2O)CC2OC(O)(CC(O)CCCC(=O)CC1O)CC(O)C2C(N)=O. The second kappa shape index (κ2) is 20.5. The summed E-state index contributed by atoms with van der Waals surface area (Å²) >= 11 is 0. The number of ketones is 1. The van der Waals surface area contributed by atoms with Gasteiger partial charge in [-0.2, -0.15) is 0 Å². The average molecular weight is 724 g/mol. The molecule has 0 saturated carbocycles. The number of fused-ring (bicyclic) bond motifs is 2. The molecule has 3 aliphatic heterocycles. The zero-order valence-corrected chi connectivity index (χ0v) is 29.7. The summed E-state index contributed by atoms with van der Waals surface area (Å²) in [5, 5.41) is 64.6. The van der Waals surface area contributed by atoms with Gasteiger partial charge in [-0.1, -0.05) is 55.5 Å². The predicted molar refractivity (Wildman–Crippen MR) is 184 cm³/mol. The Labute approximate surface area is 299 Å². The molecule has 0 radical (unpaired) electrons. The first-order chi connectivity index (χ1) is 24.1. The van der Waals surface area contributed by atoms with Crippen LogP contribution in [0.3, 0.4) is 0 Å². The van der Waals surface area contributed by atoms with E-state index in [1.807, 2.05) is 6.08 Å². The molecule has 2 bridgehead atoms. The predicted octanol–water partition coefficient (Wildman–Crippen LogP) is 1.39. The van der Waals surface area contributed by atoms with Crippen LogP contribution in [0.5, 0.6) is 0 Å². The van der Waals surface area contributed by atoms with E-state index in [1.165, 1.54) is 0 Å². The summed E-state index contributed by atoms with van der Waals surface area (Å²) < 4.78 is 23.3. The van der Waals surface area contributed by atoms with Gasteiger partial charge in [0.15, 0.2) is 12.1 Å². The smallest absolute Gasteiger partial charge is 0.311 e. The number of hydrogen-bond acceptors (Lipinski definition) is 13. The van der Waals surface area contributed by atoms with Crippen molar-refractivity contribution < 1.29 is 64.0 Å². The van der Waals surface area contributed by atoms with E-state index in [0.717, 1.165) is 0 Å². The van der Waals surface area contributed by atoms with Crippen LogP contribution in [0.2, 0.25) is 0 Å². The molecule has 8 N–H and O–H groups in total. The summed E-state index contributed by atoms with van der Waals surface area (Å²) in [5.74, 6) is -5.94. The van der Waals surface area contributed by atoms with Gasteiger partial charge < -0.3 is 55.3 Å². The van der Waals surface area contributed by atoms with Crippen molar-refractivity contribution in [2.24, 2.45) is 17.6 Å². The fraction of sp³-hybridized carbons (Fsp3) is 0.703. The van der Waals surface area contributed by atoms with Crippen molar-refractivity contribution in [2.75, 3.05) is 0 Å². The van der Waals surface area contributed by atoms with E-state index in [9.17, 15) is 45.0 Å². The number of nitrogens with two attached hydrogens (primary N) is 1. The van der Waals surface area contributed by atoms with Crippen LogP contribution in [0.15, 0.2) is 48.6 Å². The molecule has 3 heterocycles. The molecule has 2 saturated heterocycles. The lowest BCUT2D eigenvalue weighted by atomic mass is 9.82. The molecule has 1 amide bonds. The van der Waals surface area contributed by atoms with Crippen LogP contribution in [0.25, 0.3) is 0 Å². The quantitative estimate of drug-likeness (QED) is 0.203.